The molecule has 1 aromatic heterocycles. The van der Waals surface area contributed by atoms with Crippen molar-refractivity contribution in [1.29, 1.82) is 0 Å². The zero-order valence-corrected chi connectivity index (χ0v) is 15.2. The van der Waals surface area contributed by atoms with Crippen molar-refractivity contribution in [3.05, 3.63) is 62.4 Å². The van der Waals surface area contributed by atoms with Crippen molar-refractivity contribution in [2.45, 2.75) is 32.4 Å². The van der Waals surface area contributed by atoms with E-state index in [2.05, 4.69) is 27.4 Å². The molecule has 0 fully saturated rings. The number of hydrogen-bond donors (Lipinski definition) is 2. The standard InChI is InChI=1S/C19H20FN5O2/c1-11-16(26)15(22-18-19(2,3)27-9-8-25(11)18)17-21-14(23-24-17)10-12-4-6-13(20)7-5-12/h4-7,24H,1,8-10H2,2-3H3,(H,21,23)/b17-15+. The van der Waals surface area contributed by atoms with Crippen LogP contribution < -0.4 is 27.0 Å². The third kappa shape index (κ3) is 3.12. The lowest BCUT2D eigenvalue weighted by Crippen LogP contribution is -2.54. The Bertz CT molecular complexity index is 1100. The van der Waals surface area contributed by atoms with Gasteiger partial charge in [0.05, 0.1) is 12.0 Å². The molecule has 0 saturated heterocycles. The minimum Gasteiger partial charge on any atom is -0.366 e. The van der Waals surface area contributed by atoms with Gasteiger partial charge in [-0.15, -0.1) is 0 Å². The number of aliphatic imine (C=N–C) groups is 1. The summed E-state index contributed by atoms with van der Waals surface area (Å²) in [6.07, 6.45) is 0.469. The van der Waals surface area contributed by atoms with Crippen molar-refractivity contribution in [2.24, 2.45) is 4.99 Å². The number of ether oxygens (including phenoxy) is 1. The second kappa shape index (κ2) is 6.31. The Balaban J connectivity index is 1.78. The molecule has 0 atom stereocenters. The van der Waals surface area contributed by atoms with E-state index >= 15 is 0 Å². The Hall–Kier alpha value is -3.00. The molecule has 0 spiro atoms. The molecular formula is C19H20FN5O2. The molecule has 0 aliphatic carbocycles. The summed E-state index contributed by atoms with van der Waals surface area (Å²) in [7, 11) is 0. The number of rotatable bonds is 2. The van der Waals surface area contributed by atoms with Crippen LogP contribution in [0.25, 0.3) is 12.4 Å². The fourth-order valence-electron chi connectivity index (χ4n) is 3.24. The minimum atomic E-state index is -0.625. The maximum atomic E-state index is 13.0. The maximum absolute atomic E-state index is 13.0. The van der Waals surface area contributed by atoms with Crippen LogP contribution in [0.4, 0.5) is 4.39 Å². The minimum absolute atomic E-state index is 0.200. The van der Waals surface area contributed by atoms with Crippen molar-refractivity contribution in [1.82, 2.24) is 20.4 Å². The van der Waals surface area contributed by atoms with Crippen LogP contribution in [0.5, 0.6) is 0 Å². The topological polar surface area (TPSA) is 80.5 Å². The average molecular weight is 369 g/mol. The van der Waals surface area contributed by atoms with Gasteiger partial charge < -0.3 is 9.30 Å². The average Bonchev–Trinajstić information content (AvgIpc) is 3.08. The van der Waals surface area contributed by atoms with Gasteiger partial charge in [-0.1, -0.05) is 18.7 Å². The van der Waals surface area contributed by atoms with Crippen LogP contribution in [0.2, 0.25) is 0 Å². The molecule has 27 heavy (non-hydrogen) atoms. The molecule has 2 aliphatic rings. The summed E-state index contributed by atoms with van der Waals surface area (Å²) < 4.78 is 20.6. The van der Waals surface area contributed by atoms with E-state index in [-0.39, 0.29) is 16.6 Å². The molecule has 140 valence electrons. The largest absolute Gasteiger partial charge is 0.366 e. The van der Waals surface area contributed by atoms with Gasteiger partial charge in [0.25, 0.3) is 0 Å². The number of aromatic nitrogens is 2. The van der Waals surface area contributed by atoms with Gasteiger partial charge in [-0.25, -0.2) is 14.4 Å². The van der Waals surface area contributed by atoms with E-state index in [1.54, 1.807) is 16.7 Å². The molecule has 0 unspecified atom stereocenters. The number of fused-ring (bicyclic) bond motifs is 1. The van der Waals surface area contributed by atoms with Gasteiger partial charge in [-0.3, -0.25) is 15.6 Å². The van der Waals surface area contributed by atoms with Crippen LogP contribution in [0.3, 0.4) is 0 Å². The third-order valence-corrected chi connectivity index (χ3v) is 4.67. The molecule has 3 heterocycles. The number of amidine groups is 1. The second-order valence-electron chi connectivity index (χ2n) is 7.03. The van der Waals surface area contributed by atoms with Crippen LogP contribution in [0.1, 0.15) is 25.2 Å². The van der Waals surface area contributed by atoms with E-state index < -0.39 is 5.60 Å². The Labute approximate surface area is 154 Å². The van der Waals surface area contributed by atoms with Gasteiger partial charge in [0, 0.05) is 13.0 Å². The zero-order valence-electron chi connectivity index (χ0n) is 15.2. The monoisotopic (exact) mass is 369 g/mol. The van der Waals surface area contributed by atoms with Crippen LogP contribution in [-0.2, 0) is 23.3 Å². The first-order chi connectivity index (χ1) is 12.8. The Morgan fingerprint density at radius 2 is 2.04 bits per heavy atom. The number of halogens is 1. The lowest BCUT2D eigenvalue weighted by molar-refractivity contribution is -0.0565. The molecule has 2 aliphatic heterocycles. The summed E-state index contributed by atoms with van der Waals surface area (Å²) in [5, 5.41) is 0.564. The van der Waals surface area contributed by atoms with E-state index in [1.807, 2.05) is 13.8 Å². The predicted molar refractivity (Wildman–Crippen MR) is 99.5 cm³/mol. The fourth-order valence-corrected chi connectivity index (χ4v) is 3.24. The summed E-state index contributed by atoms with van der Waals surface area (Å²) in [6, 6.07) is 6.19. The SMILES string of the molecule is C=c1c(=O)/c(=C2/N=C(Cc3ccc(F)cc3)NN2)nc2n1CCOC2(C)C. The van der Waals surface area contributed by atoms with Crippen molar-refractivity contribution >= 4 is 18.2 Å². The van der Waals surface area contributed by atoms with Crippen LogP contribution >= 0.6 is 0 Å². The van der Waals surface area contributed by atoms with Crippen molar-refractivity contribution in [2.75, 3.05) is 6.61 Å². The summed E-state index contributed by atoms with van der Waals surface area (Å²) in [4.78, 5) is 21.8. The first-order valence-corrected chi connectivity index (χ1v) is 8.68. The Morgan fingerprint density at radius 1 is 1.30 bits per heavy atom. The molecule has 0 radical (unpaired) electrons. The van der Waals surface area contributed by atoms with E-state index in [0.29, 0.717) is 42.4 Å². The fraction of sp³-hybridized carbons (Fsp3) is 0.316. The molecule has 2 N–H and O–H groups in total. The molecule has 0 amide bonds. The second-order valence-corrected chi connectivity index (χ2v) is 7.03. The van der Waals surface area contributed by atoms with E-state index in [1.165, 1.54) is 12.1 Å². The molecule has 7 nitrogen and oxygen atoms in total. The molecule has 4 rings (SSSR count). The number of hydrogen-bond acceptors (Lipinski definition) is 6. The van der Waals surface area contributed by atoms with Crippen molar-refractivity contribution < 1.29 is 9.13 Å². The number of benzene rings is 1. The highest BCUT2D eigenvalue weighted by Gasteiger charge is 2.31. The highest BCUT2D eigenvalue weighted by Crippen LogP contribution is 2.24. The first kappa shape index (κ1) is 17.4. The highest BCUT2D eigenvalue weighted by atomic mass is 19.1. The van der Waals surface area contributed by atoms with Gasteiger partial charge in [0.2, 0.25) is 5.43 Å². The van der Waals surface area contributed by atoms with Crippen molar-refractivity contribution in [3.8, 4) is 0 Å². The first-order valence-electron chi connectivity index (χ1n) is 8.68. The summed E-state index contributed by atoms with van der Waals surface area (Å²) in [5.74, 6) is 1.31. The molecule has 0 bridgehead atoms. The van der Waals surface area contributed by atoms with Crippen LogP contribution in [0.15, 0.2) is 34.1 Å². The Morgan fingerprint density at radius 3 is 2.78 bits per heavy atom. The number of nitrogens with one attached hydrogen (secondary N) is 2. The predicted octanol–water partition coefficient (Wildman–Crippen LogP) is -0.127. The summed E-state index contributed by atoms with van der Waals surface area (Å²) in [5.41, 5.74) is 5.86. The number of nitrogens with zero attached hydrogens (tertiary/aromatic N) is 3. The van der Waals surface area contributed by atoms with Gasteiger partial charge in [-0.05, 0) is 31.5 Å². The van der Waals surface area contributed by atoms with Gasteiger partial charge in [0.1, 0.15) is 23.1 Å². The van der Waals surface area contributed by atoms with E-state index in [4.69, 9.17) is 4.74 Å². The lowest BCUT2D eigenvalue weighted by atomic mass is 10.1. The molecule has 0 saturated carbocycles. The highest BCUT2D eigenvalue weighted by molar-refractivity contribution is 5.90. The van der Waals surface area contributed by atoms with E-state index in [0.717, 1.165) is 5.56 Å². The van der Waals surface area contributed by atoms with Gasteiger partial charge >= 0.3 is 0 Å². The third-order valence-electron chi connectivity index (χ3n) is 4.67. The lowest BCUT2D eigenvalue weighted by Gasteiger charge is -2.32. The van der Waals surface area contributed by atoms with Gasteiger partial charge in [0.15, 0.2) is 11.2 Å². The van der Waals surface area contributed by atoms with Gasteiger partial charge in [-0.2, -0.15) is 0 Å². The maximum Gasteiger partial charge on any atom is 0.231 e. The number of hydrazine groups is 1. The smallest absolute Gasteiger partial charge is 0.231 e. The quantitative estimate of drug-likeness (QED) is 0.771. The van der Waals surface area contributed by atoms with Crippen LogP contribution in [-0.4, -0.2) is 22.0 Å². The normalized spacial score (nSPS) is 19.7. The molecule has 8 heteroatoms. The molecule has 1 aromatic carbocycles. The molecule has 2 aromatic rings. The van der Waals surface area contributed by atoms with Crippen LogP contribution in [0, 0.1) is 5.82 Å². The summed E-state index contributed by atoms with van der Waals surface area (Å²) >= 11 is 0. The van der Waals surface area contributed by atoms with Crippen molar-refractivity contribution in [3.63, 3.8) is 0 Å². The Kier molecular flexibility index (Phi) is 4.07. The summed E-state index contributed by atoms with van der Waals surface area (Å²) in [6.45, 7) is 8.80. The van der Waals surface area contributed by atoms with E-state index in [9.17, 15) is 9.18 Å². The molecular weight excluding hydrogens is 349 g/mol. The zero-order chi connectivity index (χ0) is 19.2.